The minimum Gasteiger partial charge on any atom is -0.318 e. The van der Waals surface area contributed by atoms with E-state index in [0.29, 0.717) is 10.7 Å². The van der Waals surface area contributed by atoms with Crippen molar-refractivity contribution in [2.75, 3.05) is 18.9 Å². The number of carbonyl (C=O) groups is 1. The Morgan fingerprint density at radius 1 is 1.50 bits per heavy atom. The second-order valence-corrected chi connectivity index (χ2v) is 5.37. The number of thiophene rings is 1. The van der Waals surface area contributed by atoms with Gasteiger partial charge < -0.3 is 4.90 Å². The van der Waals surface area contributed by atoms with E-state index in [9.17, 15) is 18.0 Å². The first kappa shape index (κ1) is 14.7. The third-order valence-electron chi connectivity index (χ3n) is 2.18. The Kier molecular flexibility index (Phi) is 4.23. The Morgan fingerprint density at radius 3 is 2.85 bits per heavy atom. The standard InChI is InChI=1S/C10H9F3N4OS2/c1-17(5-10(11,12)13)9(18)15-8-14-7(16-20-8)6-2-3-19-4-6/h2-4H,5H2,1H3,(H,14,15,16,18). The maximum Gasteiger partial charge on any atom is 0.406 e. The number of urea groups is 1. The predicted molar refractivity (Wildman–Crippen MR) is 70.9 cm³/mol. The minimum absolute atomic E-state index is 0.158. The molecule has 2 aromatic rings. The van der Waals surface area contributed by atoms with Gasteiger partial charge in [-0.1, -0.05) is 0 Å². The van der Waals surface area contributed by atoms with E-state index in [0.717, 1.165) is 24.1 Å². The molecule has 5 nitrogen and oxygen atoms in total. The number of hydrogen-bond donors (Lipinski definition) is 1. The summed E-state index contributed by atoms with van der Waals surface area (Å²) in [6.45, 7) is -1.32. The van der Waals surface area contributed by atoms with Crippen LogP contribution in [0.2, 0.25) is 0 Å². The Hall–Kier alpha value is -1.68. The van der Waals surface area contributed by atoms with Gasteiger partial charge in [-0.3, -0.25) is 5.32 Å². The average molecular weight is 322 g/mol. The van der Waals surface area contributed by atoms with Crippen LogP contribution in [0, 0.1) is 0 Å². The molecule has 20 heavy (non-hydrogen) atoms. The molecular weight excluding hydrogens is 313 g/mol. The average Bonchev–Trinajstić information content (AvgIpc) is 2.95. The van der Waals surface area contributed by atoms with Crippen LogP contribution in [0.4, 0.5) is 23.1 Å². The lowest BCUT2D eigenvalue weighted by Crippen LogP contribution is -2.38. The number of carbonyl (C=O) groups excluding carboxylic acids is 1. The second-order valence-electron chi connectivity index (χ2n) is 3.84. The fourth-order valence-corrected chi connectivity index (χ4v) is 2.52. The third kappa shape index (κ3) is 3.90. The monoisotopic (exact) mass is 322 g/mol. The van der Waals surface area contributed by atoms with E-state index in [1.807, 2.05) is 16.8 Å². The van der Waals surface area contributed by atoms with Gasteiger partial charge in [0.15, 0.2) is 5.82 Å². The molecule has 0 aliphatic heterocycles. The van der Waals surface area contributed by atoms with Crippen LogP contribution in [0.3, 0.4) is 0 Å². The van der Waals surface area contributed by atoms with Crippen molar-refractivity contribution in [3.05, 3.63) is 16.8 Å². The Balaban J connectivity index is 1.98. The molecule has 2 amide bonds. The highest BCUT2D eigenvalue weighted by molar-refractivity contribution is 7.10. The van der Waals surface area contributed by atoms with Gasteiger partial charge in [0.1, 0.15) is 6.54 Å². The Morgan fingerprint density at radius 2 is 2.25 bits per heavy atom. The molecule has 2 rings (SSSR count). The molecule has 0 aliphatic rings. The van der Waals surface area contributed by atoms with E-state index in [1.165, 1.54) is 11.3 Å². The van der Waals surface area contributed by atoms with Crippen molar-refractivity contribution in [2.24, 2.45) is 0 Å². The van der Waals surface area contributed by atoms with E-state index in [4.69, 9.17) is 0 Å². The normalized spacial score (nSPS) is 11.4. The molecule has 0 fully saturated rings. The first-order chi connectivity index (χ1) is 9.35. The van der Waals surface area contributed by atoms with E-state index in [2.05, 4.69) is 14.7 Å². The number of aromatic nitrogens is 2. The number of rotatable bonds is 3. The van der Waals surface area contributed by atoms with Gasteiger partial charge in [-0.2, -0.15) is 33.9 Å². The molecule has 0 saturated heterocycles. The predicted octanol–water partition coefficient (Wildman–Crippen LogP) is 3.29. The molecule has 0 spiro atoms. The molecule has 1 N–H and O–H groups in total. The smallest absolute Gasteiger partial charge is 0.318 e. The zero-order chi connectivity index (χ0) is 14.8. The lowest BCUT2D eigenvalue weighted by atomic mass is 10.3. The fourth-order valence-electron chi connectivity index (χ4n) is 1.31. The van der Waals surface area contributed by atoms with Crippen molar-refractivity contribution in [3.63, 3.8) is 0 Å². The maximum atomic E-state index is 12.1. The largest absolute Gasteiger partial charge is 0.406 e. The summed E-state index contributed by atoms with van der Waals surface area (Å²) in [5, 5.41) is 6.13. The summed E-state index contributed by atoms with van der Waals surface area (Å²) in [5.74, 6) is 0.435. The molecule has 0 saturated carbocycles. The highest BCUT2D eigenvalue weighted by Gasteiger charge is 2.31. The summed E-state index contributed by atoms with van der Waals surface area (Å²) < 4.78 is 40.5. The lowest BCUT2D eigenvalue weighted by molar-refractivity contribution is -0.137. The van der Waals surface area contributed by atoms with Gasteiger partial charge in [-0.25, -0.2) is 4.79 Å². The number of nitrogens with one attached hydrogen (secondary N) is 1. The van der Waals surface area contributed by atoms with Crippen LogP contribution in [0.1, 0.15) is 0 Å². The third-order valence-corrected chi connectivity index (χ3v) is 3.50. The van der Waals surface area contributed by atoms with Crippen LogP contribution in [0.15, 0.2) is 16.8 Å². The van der Waals surface area contributed by atoms with E-state index < -0.39 is 18.8 Å². The lowest BCUT2D eigenvalue weighted by Gasteiger charge is -2.18. The van der Waals surface area contributed by atoms with E-state index in [1.54, 1.807) is 0 Å². The van der Waals surface area contributed by atoms with E-state index >= 15 is 0 Å². The summed E-state index contributed by atoms with van der Waals surface area (Å²) in [5.41, 5.74) is 0.801. The van der Waals surface area contributed by atoms with Crippen molar-refractivity contribution in [3.8, 4) is 11.4 Å². The molecule has 2 aromatic heterocycles. The van der Waals surface area contributed by atoms with Crippen LogP contribution in [0.5, 0.6) is 0 Å². The van der Waals surface area contributed by atoms with Crippen LogP contribution in [-0.2, 0) is 0 Å². The molecule has 0 bridgehead atoms. The van der Waals surface area contributed by atoms with Gasteiger partial charge in [0.25, 0.3) is 0 Å². The van der Waals surface area contributed by atoms with Crippen molar-refractivity contribution >= 4 is 34.0 Å². The molecule has 10 heteroatoms. The van der Waals surface area contributed by atoms with Crippen LogP contribution in [-0.4, -0.2) is 40.1 Å². The number of nitrogens with zero attached hydrogens (tertiary/aromatic N) is 3. The molecular formula is C10H9F3N4OS2. The molecule has 0 aliphatic carbocycles. The fraction of sp³-hybridized carbons (Fsp3) is 0.300. The topological polar surface area (TPSA) is 58.1 Å². The number of halogens is 3. The zero-order valence-corrected chi connectivity index (χ0v) is 11.8. The number of anilines is 1. The van der Waals surface area contributed by atoms with Crippen molar-refractivity contribution in [2.45, 2.75) is 6.18 Å². The molecule has 2 heterocycles. The van der Waals surface area contributed by atoms with E-state index in [-0.39, 0.29) is 5.13 Å². The summed E-state index contributed by atoms with van der Waals surface area (Å²) in [7, 11) is 1.06. The maximum absolute atomic E-state index is 12.1. The number of amides is 2. The molecule has 0 radical (unpaired) electrons. The van der Waals surface area contributed by atoms with Crippen molar-refractivity contribution < 1.29 is 18.0 Å². The summed E-state index contributed by atoms with van der Waals surface area (Å²) in [4.78, 5) is 16.1. The highest BCUT2D eigenvalue weighted by Crippen LogP contribution is 2.23. The summed E-state index contributed by atoms with van der Waals surface area (Å²) >= 11 is 2.39. The van der Waals surface area contributed by atoms with Crippen LogP contribution in [0.25, 0.3) is 11.4 Å². The van der Waals surface area contributed by atoms with Gasteiger partial charge >= 0.3 is 12.2 Å². The first-order valence-corrected chi connectivity index (χ1v) is 7.02. The SMILES string of the molecule is CN(CC(F)(F)F)C(=O)Nc1nc(-c2ccsc2)ns1. The summed E-state index contributed by atoms with van der Waals surface area (Å²) in [6.07, 6.45) is -4.44. The van der Waals surface area contributed by atoms with Gasteiger partial charge in [0.2, 0.25) is 5.13 Å². The minimum atomic E-state index is -4.44. The molecule has 0 atom stereocenters. The Labute approximate surface area is 120 Å². The quantitative estimate of drug-likeness (QED) is 0.943. The Bertz CT molecular complexity index is 582. The number of alkyl halides is 3. The zero-order valence-electron chi connectivity index (χ0n) is 10.1. The molecule has 0 unspecified atom stereocenters. The van der Waals surface area contributed by atoms with Crippen LogP contribution >= 0.6 is 22.9 Å². The second kappa shape index (κ2) is 5.75. The van der Waals surface area contributed by atoms with Crippen LogP contribution < -0.4 is 5.32 Å². The van der Waals surface area contributed by atoms with Crippen molar-refractivity contribution in [1.82, 2.24) is 14.3 Å². The molecule has 0 aromatic carbocycles. The highest BCUT2D eigenvalue weighted by atomic mass is 32.1. The van der Waals surface area contributed by atoms with Gasteiger partial charge in [-0.15, -0.1) is 0 Å². The van der Waals surface area contributed by atoms with Gasteiger partial charge in [0.05, 0.1) is 0 Å². The molecule has 108 valence electrons. The number of hydrogen-bond acceptors (Lipinski definition) is 5. The van der Waals surface area contributed by atoms with Gasteiger partial charge in [-0.05, 0) is 11.4 Å². The first-order valence-electron chi connectivity index (χ1n) is 5.30. The van der Waals surface area contributed by atoms with Crippen molar-refractivity contribution in [1.29, 1.82) is 0 Å². The summed E-state index contributed by atoms with van der Waals surface area (Å²) in [6, 6.07) is 0.934. The van der Waals surface area contributed by atoms with Gasteiger partial charge in [0, 0.05) is 29.5 Å².